The fourth-order valence-corrected chi connectivity index (χ4v) is 2.52. The molecule has 0 spiro atoms. The summed E-state index contributed by atoms with van der Waals surface area (Å²) in [4.78, 5) is 11.8. The zero-order valence-corrected chi connectivity index (χ0v) is 11.5. The van der Waals surface area contributed by atoms with Gasteiger partial charge in [0.05, 0.1) is 21.3 Å². The lowest BCUT2D eigenvalue weighted by Gasteiger charge is -2.13. The molecule has 20 heavy (non-hydrogen) atoms. The fraction of sp³-hybridized carbons (Fsp3) is 0.267. The molecule has 0 N–H and O–H groups in total. The normalized spacial score (nSPS) is 13.1. The molecular formula is C15H14O5. The Morgan fingerprint density at radius 2 is 1.70 bits per heavy atom. The lowest BCUT2D eigenvalue weighted by atomic mass is 10.00. The largest absolute Gasteiger partial charge is 0.495 e. The molecule has 3 rings (SSSR count). The number of hydrogen-bond donors (Lipinski definition) is 0. The van der Waals surface area contributed by atoms with Gasteiger partial charge in [0.1, 0.15) is 17.9 Å². The van der Waals surface area contributed by atoms with E-state index in [0.717, 1.165) is 16.3 Å². The molecule has 0 aromatic heterocycles. The second-order valence-electron chi connectivity index (χ2n) is 4.45. The number of carbonyl (C=O) groups is 1. The van der Waals surface area contributed by atoms with Gasteiger partial charge in [-0.25, -0.2) is 4.79 Å². The molecule has 0 aliphatic carbocycles. The summed E-state index contributed by atoms with van der Waals surface area (Å²) in [6, 6.07) is 5.58. The number of esters is 1. The monoisotopic (exact) mass is 274 g/mol. The van der Waals surface area contributed by atoms with Crippen molar-refractivity contribution in [3.63, 3.8) is 0 Å². The van der Waals surface area contributed by atoms with Gasteiger partial charge in [-0.2, -0.15) is 0 Å². The van der Waals surface area contributed by atoms with E-state index in [1.165, 1.54) is 7.11 Å². The SMILES string of the molecule is COc1cc2cc3c(c(OC)c2cc1OC)C(=O)OC3. The van der Waals surface area contributed by atoms with Crippen LogP contribution in [-0.4, -0.2) is 27.3 Å². The Labute approximate surface area is 116 Å². The van der Waals surface area contributed by atoms with Crippen molar-refractivity contribution in [1.82, 2.24) is 0 Å². The minimum Gasteiger partial charge on any atom is -0.495 e. The van der Waals surface area contributed by atoms with E-state index in [1.54, 1.807) is 20.3 Å². The molecule has 2 aromatic rings. The fourth-order valence-electron chi connectivity index (χ4n) is 2.52. The molecule has 0 saturated carbocycles. The van der Waals surface area contributed by atoms with Crippen molar-refractivity contribution in [2.45, 2.75) is 6.61 Å². The molecule has 0 atom stereocenters. The van der Waals surface area contributed by atoms with Crippen LogP contribution in [0.25, 0.3) is 10.8 Å². The average molecular weight is 274 g/mol. The molecule has 104 valence electrons. The standard InChI is InChI=1S/C15H14O5/c1-17-11-5-8-4-9-7-20-15(16)13(9)14(19-3)10(8)6-12(11)18-2/h4-6H,7H2,1-3H3. The van der Waals surface area contributed by atoms with Gasteiger partial charge in [0.25, 0.3) is 0 Å². The van der Waals surface area contributed by atoms with Crippen molar-refractivity contribution < 1.29 is 23.7 Å². The first-order valence-electron chi connectivity index (χ1n) is 6.12. The third-order valence-electron chi connectivity index (χ3n) is 3.45. The highest BCUT2D eigenvalue weighted by Crippen LogP contribution is 2.41. The van der Waals surface area contributed by atoms with Gasteiger partial charge in [0, 0.05) is 10.9 Å². The Kier molecular flexibility index (Phi) is 2.89. The zero-order chi connectivity index (χ0) is 14.3. The topological polar surface area (TPSA) is 54.0 Å². The molecule has 5 nitrogen and oxygen atoms in total. The Balaban J connectivity index is 2.38. The Morgan fingerprint density at radius 1 is 1.00 bits per heavy atom. The van der Waals surface area contributed by atoms with Crippen LogP contribution < -0.4 is 14.2 Å². The zero-order valence-electron chi connectivity index (χ0n) is 11.5. The van der Waals surface area contributed by atoms with Gasteiger partial charge < -0.3 is 18.9 Å². The molecule has 0 radical (unpaired) electrons. The Bertz CT molecular complexity index is 705. The number of rotatable bonds is 3. The maximum Gasteiger partial charge on any atom is 0.342 e. The summed E-state index contributed by atoms with van der Waals surface area (Å²) in [5.41, 5.74) is 1.32. The van der Waals surface area contributed by atoms with E-state index in [2.05, 4.69) is 0 Å². The summed E-state index contributed by atoms with van der Waals surface area (Å²) in [7, 11) is 4.69. The second kappa shape index (κ2) is 4.59. The van der Waals surface area contributed by atoms with Gasteiger partial charge in [-0.3, -0.25) is 0 Å². The van der Waals surface area contributed by atoms with Crippen LogP contribution in [0.15, 0.2) is 18.2 Å². The molecule has 0 unspecified atom stereocenters. The molecule has 0 saturated heterocycles. The van der Waals surface area contributed by atoms with Crippen LogP contribution in [-0.2, 0) is 11.3 Å². The third-order valence-corrected chi connectivity index (χ3v) is 3.45. The van der Waals surface area contributed by atoms with Crippen LogP contribution in [0.4, 0.5) is 0 Å². The van der Waals surface area contributed by atoms with Gasteiger partial charge >= 0.3 is 5.97 Å². The summed E-state index contributed by atoms with van der Waals surface area (Å²) in [5, 5.41) is 1.71. The first kappa shape index (κ1) is 12.6. The van der Waals surface area contributed by atoms with Gasteiger partial charge in [-0.1, -0.05) is 0 Å². The van der Waals surface area contributed by atoms with Crippen LogP contribution in [0.2, 0.25) is 0 Å². The van der Waals surface area contributed by atoms with Gasteiger partial charge in [-0.05, 0) is 23.6 Å². The van der Waals surface area contributed by atoms with Crippen molar-refractivity contribution in [2.24, 2.45) is 0 Å². The maximum absolute atomic E-state index is 11.8. The molecule has 0 bridgehead atoms. The third kappa shape index (κ3) is 1.66. The lowest BCUT2D eigenvalue weighted by Crippen LogP contribution is -2.00. The van der Waals surface area contributed by atoms with Crippen molar-refractivity contribution in [2.75, 3.05) is 21.3 Å². The van der Waals surface area contributed by atoms with Crippen LogP contribution >= 0.6 is 0 Å². The van der Waals surface area contributed by atoms with Gasteiger partial charge in [0.15, 0.2) is 11.5 Å². The molecule has 0 fully saturated rings. The van der Waals surface area contributed by atoms with Crippen LogP contribution in [0.5, 0.6) is 17.2 Å². The number of hydrogen-bond acceptors (Lipinski definition) is 5. The van der Waals surface area contributed by atoms with E-state index in [9.17, 15) is 4.79 Å². The highest BCUT2D eigenvalue weighted by Gasteiger charge is 2.28. The molecule has 0 amide bonds. The summed E-state index contributed by atoms with van der Waals surface area (Å²) in [5.74, 6) is 1.38. The maximum atomic E-state index is 11.8. The Hall–Kier alpha value is -2.43. The van der Waals surface area contributed by atoms with Crippen molar-refractivity contribution >= 4 is 16.7 Å². The highest BCUT2D eigenvalue weighted by molar-refractivity contribution is 6.05. The van der Waals surface area contributed by atoms with E-state index in [0.29, 0.717) is 22.8 Å². The van der Waals surface area contributed by atoms with Gasteiger partial charge in [-0.15, -0.1) is 0 Å². The van der Waals surface area contributed by atoms with E-state index < -0.39 is 0 Å². The molecule has 1 heterocycles. The first-order chi connectivity index (χ1) is 9.69. The molecular weight excluding hydrogens is 260 g/mol. The molecule has 1 aliphatic rings. The number of methoxy groups -OCH3 is 3. The predicted molar refractivity (Wildman–Crippen MR) is 72.7 cm³/mol. The Morgan fingerprint density at radius 3 is 2.35 bits per heavy atom. The summed E-state index contributed by atoms with van der Waals surface area (Å²) < 4.78 is 21.1. The number of carbonyl (C=O) groups excluding carboxylic acids is 1. The van der Waals surface area contributed by atoms with E-state index in [1.807, 2.05) is 12.1 Å². The van der Waals surface area contributed by atoms with Crippen LogP contribution in [0.3, 0.4) is 0 Å². The van der Waals surface area contributed by atoms with E-state index in [4.69, 9.17) is 18.9 Å². The highest BCUT2D eigenvalue weighted by atomic mass is 16.5. The van der Waals surface area contributed by atoms with Crippen LogP contribution in [0.1, 0.15) is 15.9 Å². The van der Waals surface area contributed by atoms with Crippen molar-refractivity contribution in [3.8, 4) is 17.2 Å². The smallest absolute Gasteiger partial charge is 0.342 e. The number of benzene rings is 2. The van der Waals surface area contributed by atoms with Crippen molar-refractivity contribution in [1.29, 1.82) is 0 Å². The van der Waals surface area contributed by atoms with Crippen LogP contribution in [0, 0.1) is 0 Å². The summed E-state index contributed by atoms with van der Waals surface area (Å²) in [6.07, 6.45) is 0. The summed E-state index contributed by atoms with van der Waals surface area (Å²) in [6.45, 7) is 0.273. The number of ether oxygens (including phenoxy) is 4. The minimum atomic E-state index is -0.353. The first-order valence-corrected chi connectivity index (χ1v) is 6.12. The van der Waals surface area contributed by atoms with Crippen molar-refractivity contribution in [3.05, 3.63) is 29.3 Å². The predicted octanol–water partition coefficient (Wildman–Crippen LogP) is 2.54. The van der Waals surface area contributed by atoms with E-state index in [-0.39, 0.29) is 12.6 Å². The quantitative estimate of drug-likeness (QED) is 0.805. The number of cyclic esters (lactones) is 1. The minimum absolute atomic E-state index is 0.273. The second-order valence-corrected chi connectivity index (χ2v) is 4.45. The molecule has 5 heteroatoms. The average Bonchev–Trinajstić information content (AvgIpc) is 2.84. The van der Waals surface area contributed by atoms with E-state index >= 15 is 0 Å². The summed E-state index contributed by atoms with van der Waals surface area (Å²) >= 11 is 0. The number of fused-ring (bicyclic) bond motifs is 2. The lowest BCUT2D eigenvalue weighted by molar-refractivity contribution is 0.0533. The molecule has 2 aromatic carbocycles. The van der Waals surface area contributed by atoms with Gasteiger partial charge in [0.2, 0.25) is 0 Å². The molecule has 1 aliphatic heterocycles.